The van der Waals surface area contributed by atoms with Gasteiger partial charge in [0.25, 0.3) is 5.91 Å². The van der Waals surface area contributed by atoms with Crippen molar-refractivity contribution in [3.8, 4) is 0 Å². The second-order valence-corrected chi connectivity index (χ2v) is 4.27. The van der Waals surface area contributed by atoms with Crippen LogP contribution in [0, 0.1) is 0 Å². The summed E-state index contributed by atoms with van der Waals surface area (Å²) in [6.07, 6.45) is 1.22. The van der Waals surface area contributed by atoms with E-state index in [1.165, 1.54) is 23.1 Å². The summed E-state index contributed by atoms with van der Waals surface area (Å²) in [4.78, 5) is 39.4. The molecule has 2 rings (SSSR count). The van der Waals surface area contributed by atoms with Gasteiger partial charge < -0.3 is 15.7 Å². The van der Waals surface area contributed by atoms with Crippen molar-refractivity contribution < 1.29 is 19.5 Å². The summed E-state index contributed by atoms with van der Waals surface area (Å²) in [6, 6.07) is 3.53. The van der Waals surface area contributed by atoms with Crippen LogP contribution in [0.4, 0.5) is 0 Å². The van der Waals surface area contributed by atoms with Crippen molar-refractivity contribution in [3.63, 3.8) is 0 Å². The highest BCUT2D eigenvalue weighted by atomic mass is 16.4. The molecule has 1 atom stereocenters. The number of nitrogens with zero attached hydrogens (tertiary/aromatic N) is 2. The van der Waals surface area contributed by atoms with Gasteiger partial charge in [-0.25, -0.2) is 9.78 Å². The molecule has 0 bridgehead atoms. The predicted molar refractivity (Wildman–Crippen MR) is 64.4 cm³/mol. The number of carbonyl (C=O) groups is 3. The third-order valence-electron chi connectivity index (χ3n) is 3.03. The maximum absolute atomic E-state index is 12.2. The van der Waals surface area contributed by atoms with Gasteiger partial charge in [0.15, 0.2) is 0 Å². The SMILES string of the molecule is NC(=O)C1CCCN1C(=O)c1cccc(C(=O)O)n1. The van der Waals surface area contributed by atoms with Gasteiger partial charge in [-0.1, -0.05) is 6.07 Å². The monoisotopic (exact) mass is 263 g/mol. The molecule has 1 aromatic heterocycles. The number of aromatic nitrogens is 1. The molecule has 2 amide bonds. The van der Waals surface area contributed by atoms with E-state index in [1.807, 2.05) is 0 Å². The van der Waals surface area contributed by atoms with Crippen LogP contribution in [0.5, 0.6) is 0 Å². The third kappa shape index (κ3) is 2.54. The minimum absolute atomic E-state index is 0.00745. The number of likely N-dealkylation sites (tertiary alicyclic amines) is 1. The van der Waals surface area contributed by atoms with Crippen LogP contribution < -0.4 is 5.73 Å². The number of aromatic carboxylic acids is 1. The van der Waals surface area contributed by atoms with Crippen molar-refractivity contribution >= 4 is 17.8 Å². The van der Waals surface area contributed by atoms with Crippen LogP contribution in [-0.4, -0.2) is 45.4 Å². The summed E-state index contributed by atoms with van der Waals surface area (Å²) in [5, 5.41) is 8.84. The number of nitrogens with two attached hydrogens (primary N) is 1. The van der Waals surface area contributed by atoms with Crippen molar-refractivity contribution in [2.45, 2.75) is 18.9 Å². The van der Waals surface area contributed by atoms with Crippen LogP contribution in [0.25, 0.3) is 0 Å². The molecular formula is C12H13N3O4. The fraction of sp³-hybridized carbons (Fsp3) is 0.333. The molecule has 1 saturated heterocycles. The molecule has 7 nitrogen and oxygen atoms in total. The highest BCUT2D eigenvalue weighted by Gasteiger charge is 2.33. The molecule has 100 valence electrons. The Bertz CT molecular complexity index is 544. The van der Waals surface area contributed by atoms with E-state index in [4.69, 9.17) is 10.8 Å². The fourth-order valence-corrected chi connectivity index (χ4v) is 2.13. The van der Waals surface area contributed by atoms with E-state index in [9.17, 15) is 14.4 Å². The Labute approximate surface area is 109 Å². The van der Waals surface area contributed by atoms with Crippen molar-refractivity contribution in [2.24, 2.45) is 5.73 Å². The summed E-state index contributed by atoms with van der Waals surface area (Å²) in [6.45, 7) is 0.422. The van der Waals surface area contributed by atoms with E-state index >= 15 is 0 Å². The molecule has 0 aromatic carbocycles. The standard InChI is InChI=1S/C12H13N3O4/c13-10(16)9-5-2-6-15(9)11(17)7-3-1-4-8(14-7)12(18)19/h1,3-4,9H,2,5-6H2,(H2,13,16)(H,18,19). The van der Waals surface area contributed by atoms with Crippen LogP contribution in [0.15, 0.2) is 18.2 Å². The lowest BCUT2D eigenvalue weighted by atomic mass is 10.2. The van der Waals surface area contributed by atoms with Crippen molar-refractivity contribution in [1.82, 2.24) is 9.88 Å². The summed E-state index contributed by atoms with van der Waals surface area (Å²) < 4.78 is 0. The molecule has 2 heterocycles. The number of rotatable bonds is 3. The predicted octanol–water partition coefficient (Wildman–Crippen LogP) is -0.130. The van der Waals surface area contributed by atoms with Gasteiger partial charge in [0.2, 0.25) is 5.91 Å². The molecule has 0 saturated carbocycles. The zero-order valence-corrected chi connectivity index (χ0v) is 10.1. The molecule has 1 aliphatic heterocycles. The van der Waals surface area contributed by atoms with Gasteiger partial charge in [0, 0.05) is 6.54 Å². The normalized spacial score (nSPS) is 18.3. The van der Waals surface area contributed by atoms with Crippen molar-refractivity contribution in [2.75, 3.05) is 6.54 Å². The maximum atomic E-state index is 12.2. The van der Waals surface area contributed by atoms with Gasteiger partial charge in [0.1, 0.15) is 17.4 Å². The van der Waals surface area contributed by atoms with Gasteiger partial charge in [-0.2, -0.15) is 0 Å². The smallest absolute Gasteiger partial charge is 0.354 e. The number of carbonyl (C=O) groups excluding carboxylic acids is 2. The highest BCUT2D eigenvalue weighted by Crippen LogP contribution is 2.19. The fourth-order valence-electron chi connectivity index (χ4n) is 2.13. The first-order valence-electron chi connectivity index (χ1n) is 5.81. The van der Waals surface area contributed by atoms with Crippen LogP contribution in [0.1, 0.15) is 33.8 Å². The molecule has 19 heavy (non-hydrogen) atoms. The van der Waals surface area contributed by atoms with E-state index in [0.29, 0.717) is 19.4 Å². The number of amides is 2. The number of carboxylic acid groups (broad SMARTS) is 1. The maximum Gasteiger partial charge on any atom is 0.354 e. The Morgan fingerprint density at radius 2 is 2.00 bits per heavy atom. The summed E-state index contributed by atoms with van der Waals surface area (Å²) in [7, 11) is 0. The topological polar surface area (TPSA) is 114 Å². The van der Waals surface area contributed by atoms with Crippen molar-refractivity contribution in [1.29, 1.82) is 0 Å². The lowest BCUT2D eigenvalue weighted by Crippen LogP contribution is -2.44. The average molecular weight is 263 g/mol. The second kappa shape index (κ2) is 5.05. The number of primary amides is 1. The molecular weight excluding hydrogens is 250 g/mol. The quantitative estimate of drug-likeness (QED) is 0.788. The molecule has 7 heteroatoms. The molecule has 0 aliphatic carbocycles. The summed E-state index contributed by atoms with van der Waals surface area (Å²) >= 11 is 0. The minimum Gasteiger partial charge on any atom is -0.477 e. The van der Waals surface area contributed by atoms with Gasteiger partial charge in [-0.3, -0.25) is 9.59 Å². The van der Waals surface area contributed by atoms with E-state index in [2.05, 4.69) is 4.98 Å². The summed E-state index contributed by atoms with van der Waals surface area (Å²) in [5.74, 6) is -2.23. The third-order valence-corrected chi connectivity index (χ3v) is 3.03. The summed E-state index contributed by atoms with van der Waals surface area (Å²) in [5.41, 5.74) is 5.03. The molecule has 0 spiro atoms. The number of carboxylic acids is 1. The molecule has 0 radical (unpaired) electrons. The largest absolute Gasteiger partial charge is 0.477 e. The van der Waals surface area contributed by atoms with Crippen LogP contribution in [0.2, 0.25) is 0 Å². The average Bonchev–Trinajstić information content (AvgIpc) is 2.87. The number of hydrogen-bond donors (Lipinski definition) is 2. The van der Waals surface area contributed by atoms with Crippen LogP contribution in [0.3, 0.4) is 0 Å². The van der Waals surface area contributed by atoms with Gasteiger partial charge in [-0.05, 0) is 25.0 Å². The van der Waals surface area contributed by atoms with Crippen LogP contribution in [-0.2, 0) is 4.79 Å². The highest BCUT2D eigenvalue weighted by molar-refractivity contribution is 5.97. The molecule has 1 fully saturated rings. The first kappa shape index (κ1) is 13.0. The minimum atomic E-state index is -1.21. The lowest BCUT2D eigenvalue weighted by molar-refractivity contribution is -0.121. The van der Waals surface area contributed by atoms with E-state index in [1.54, 1.807) is 0 Å². The first-order chi connectivity index (χ1) is 9.00. The van der Waals surface area contributed by atoms with Crippen LogP contribution >= 0.6 is 0 Å². The van der Waals surface area contributed by atoms with E-state index in [-0.39, 0.29) is 11.4 Å². The Morgan fingerprint density at radius 1 is 1.32 bits per heavy atom. The van der Waals surface area contributed by atoms with Gasteiger partial charge in [-0.15, -0.1) is 0 Å². The molecule has 1 unspecified atom stereocenters. The van der Waals surface area contributed by atoms with Crippen molar-refractivity contribution in [3.05, 3.63) is 29.6 Å². The lowest BCUT2D eigenvalue weighted by Gasteiger charge is -2.21. The van der Waals surface area contributed by atoms with E-state index in [0.717, 1.165) is 0 Å². The molecule has 1 aliphatic rings. The van der Waals surface area contributed by atoms with E-state index < -0.39 is 23.8 Å². The van der Waals surface area contributed by atoms with Gasteiger partial charge >= 0.3 is 5.97 Å². The zero-order chi connectivity index (χ0) is 14.0. The molecule has 1 aromatic rings. The Morgan fingerprint density at radius 3 is 2.63 bits per heavy atom. The Balaban J connectivity index is 2.26. The Hall–Kier alpha value is -2.44. The number of hydrogen-bond acceptors (Lipinski definition) is 4. The van der Waals surface area contributed by atoms with Gasteiger partial charge in [0.05, 0.1) is 0 Å². The number of pyridine rings is 1. The molecule has 3 N–H and O–H groups in total. The zero-order valence-electron chi connectivity index (χ0n) is 10.1. The Kier molecular flexibility index (Phi) is 3.46. The first-order valence-corrected chi connectivity index (χ1v) is 5.81. The second-order valence-electron chi connectivity index (χ2n) is 4.27.